The minimum absolute atomic E-state index is 0.206. The molecule has 0 radical (unpaired) electrons. The summed E-state index contributed by atoms with van der Waals surface area (Å²) in [7, 11) is 0. The van der Waals surface area contributed by atoms with Crippen molar-refractivity contribution in [2.45, 2.75) is 38.1 Å². The lowest BCUT2D eigenvalue weighted by molar-refractivity contribution is -0.134. The number of hydrogen-bond acceptors (Lipinski definition) is 3. The van der Waals surface area contributed by atoms with E-state index in [4.69, 9.17) is 0 Å². The molecule has 1 aliphatic carbocycles. The first-order chi connectivity index (χ1) is 9.06. The standard InChI is InChI=1S/C15H20N2O2/c1-10(12-4-3-5-12)6-7-11(2)16-13-8-9-14(18)17-15(13)19/h6-7,12-13,16H,1-5,8-9H2,(H,17,18,19)/b7-6-. The summed E-state index contributed by atoms with van der Waals surface area (Å²) in [5, 5.41) is 5.35. The minimum Gasteiger partial charge on any atom is -0.374 e. The highest BCUT2D eigenvalue weighted by atomic mass is 16.2. The van der Waals surface area contributed by atoms with Crippen LogP contribution in [0.25, 0.3) is 0 Å². The van der Waals surface area contributed by atoms with Crippen LogP contribution in [-0.4, -0.2) is 17.9 Å². The molecular formula is C15H20N2O2. The van der Waals surface area contributed by atoms with Gasteiger partial charge < -0.3 is 5.32 Å². The molecule has 1 unspecified atom stereocenters. The average molecular weight is 260 g/mol. The van der Waals surface area contributed by atoms with Crippen molar-refractivity contribution in [3.05, 3.63) is 36.6 Å². The SMILES string of the molecule is C=C(/C=C\C(=C)C1CCC1)NC1CCC(=O)NC1=O. The van der Waals surface area contributed by atoms with Crippen molar-refractivity contribution in [2.24, 2.45) is 5.92 Å². The molecule has 0 bridgehead atoms. The molecule has 2 N–H and O–H groups in total. The Balaban J connectivity index is 1.80. The van der Waals surface area contributed by atoms with Crippen molar-refractivity contribution in [1.82, 2.24) is 10.6 Å². The van der Waals surface area contributed by atoms with Crippen LogP contribution in [0, 0.1) is 5.92 Å². The Morgan fingerprint density at radius 2 is 1.95 bits per heavy atom. The molecule has 1 atom stereocenters. The number of nitrogens with one attached hydrogen (secondary N) is 2. The topological polar surface area (TPSA) is 58.2 Å². The van der Waals surface area contributed by atoms with Crippen LogP contribution >= 0.6 is 0 Å². The van der Waals surface area contributed by atoms with Gasteiger partial charge in [-0.25, -0.2) is 0 Å². The zero-order valence-electron chi connectivity index (χ0n) is 11.1. The third-order valence-corrected chi connectivity index (χ3v) is 3.73. The summed E-state index contributed by atoms with van der Waals surface area (Å²) in [5.41, 5.74) is 1.80. The van der Waals surface area contributed by atoms with Gasteiger partial charge in [-0.3, -0.25) is 14.9 Å². The predicted octanol–water partition coefficient (Wildman–Crippen LogP) is 1.81. The van der Waals surface area contributed by atoms with E-state index in [1.807, 2.05) is 12.2 Å². The number of imide groups is 1. The Bertz CT molecular complexity index is 447. The predicted molar refractivity (Wildman–Crippen MR) is 74.1 cm³/mol. The first-order valence-corrected chi connectivity index (χ1v) is 6.72. The summed E-state index contributed by atoms with van der Waals surface area (Å²) in [6.45, 7) is 7.91. The van der Waals surface area contributed by atoms with Crippen LogP contribution in [-0.2, 0) is 9.59 Å². The molecule has 2 rings (SSSR count). The third kappa shape index (κ3) is 3.56. The Morgan fingerprint density at radius 1 is 1.21 bits per heavy atom. The minimum atomic E-state index is -0.369. The van der Waals surface area contributed by atoms with E-state index in [2.05, 4.69) is 23.8 Å². The molecule has 4 heteroatoms. The van der Waals surface area contributed by atoms with Gasteiger partial charge >= 0.3 is 0 Å². The van der Waals surface area contributed by atoms with E-state index in [9.17, 15) is 9.59 Å². The maximum absolute atomic E-state index is 11.6. The fraction of sp³-hybridized carbons (Fsp3) is 0.467. The molecule has 1 saturated carbocycles. The molecule has 1 saturated heterocycles. The molecule has 2 aliphatic rings. The van der Waals surface area contributed by atoms with E-state index in [1.165, 1.54) is 19.3 Å². The maximum Gasteiger partial charge on any atom is 0.249 e. The van der Waals surface area contributed by atoms with Crippen LogP contribution in [0.3, 0.4) is 0 Å². The van der Waals surface area contributed by atoms with Gasteiger partial charge in [0.25, 0.3) is 0 Å². The largest absolute Gasteiger partial charge is 0.374 e. The quantitative estimate of drug-likeness (QED) is 0.585. The normalized spacial score (nSPS) is 23.9. The summed E-state index contributed by atoms with van der Waals surface area (Å²) in [6.07, 6.45) is 8.42. The van der Waals surface area contributed by atoms with E-state index in [0.717, 1.165) is 5.57 Å². The number of piperidine rings is 1. The lowest BCUT2D eigenvalue weighted by Crippen LogP contribution is -2.50. The number of rotatable bonds is 5. The summed E-state index contributed by atoms with van der Waals surface area (Å²) < 4.78 is 0. The number of carbonyl (C=O) groups is 2. The lowest BCUT2D eigenvalue weighted by Gasteiger charge is -2.26. The van der Waals surface area contributed by atoms with Gasteiger partial charge in [0, 0.05) is 12.1 Å². The Morgan fingerprint density at radius 3 is 2.53 bits per heavy atom. The number of amides is 2. The maximum atomic E-state index is 11.6. The van der Waals surface area contributed by atoms with Gasteiger partial charge in [-0.2, -0.15) is 0 Å². The Labute approximate surface area is 113 Å². The fourth-order valence-corrected chi connectivity index (χ4v) is 2.23. The summed E-state index contributed by atoms with van der Waals surface area (Å²) >= 11 is 0. The van der Waals surface area contributed by atoms with Gasteiger partial charge in [0.2, 0.25) is 11.8 Å². The second-order valence-electron chi connectivity index (χ2n) is 5.21. The highest BCUT2D eigenvalue weighted by Gasteiger charge is 2.26. The molecule has 0 aromatic heterocycles. The first-order valence-electron chi connectivity index (χ1n) is 6.72. The molecule has 102 valence electrons. The third-order valence-electron chi connectivity index (χ3n) is 3.73. The van der Waals surface area contributed by atoms with Gasteiger partial charge in [0.1, 0.15) is 6.04 Å². The second-order valence-corrected chi connectivity index (χ2v) is 5.21. The monoisotopic (exact) mass is 260 g/mol. The van der Waals surface area contributed by atoms with Crippen molar-refractivity contribution in [3.8, 4) is 0 Å². The van der Waals surface area contributed by atoms with E-state index in [0.29, 0.717) is 24.5 Å². The molecule has 0 aromatic rings. The Kier molecular flexibility index (Phi) is 4.20. The van der Waals surface area contributed by atoms with E-state index in [-0.39, 0.29) is 17.9 Å². The molecular weight excluding hydrogens is 240 g/mol. The van der Waals surface area contributed by atoms with Crippen molar-refractivity contribution in [2.75, 3.05) is 0 Å². The fourth-order valence-electron chi connectivity index (χ4n) is 2.23. The zero-order chi connectivity index (χ0) is 13.8. The zero-order valence-corrected chi connectivity index (χ0v) is 11.1. The Hall–Kier alpha value is -1.84. The number of hydrogen-bond donors (Lipinski definition) is 2. The van der Waals surface area contributed by atoms with Crippen molar-refractivity contribution in [1.29, 1.82) is 0 Å². The van der Waals surface area contributed by atoms with Crippen LogP contribution in [0.5, 0.6) is 0 Å². The molecule has 1 heterocycles. The highest BCUT2D eigenvalue weighted by Crippen LogP contribution is 2.32. The van der Waals surface area contributed by atoms with Gasteiger partial charge in [-0.1, -0.05) is 31.2 Å². The lowest BCUT2D eigenvalue weighted by atomic mass is 9.80. The molecule has 2 fully saturated rings. The molecule has 0 aromatic carbocycles. The van der Waals surface area contributed by atoms with Gasteiger partial charge in [-0.15, -0.1) is 0 Å². The van der Waals surface area contributed by atoms with Crippen LogP contribution in [0.4, 0.5) is 0 Å². The summed E-state index contributed by atoms with van der Waals surface area (Å²) in [5.74, 6) is 0.130. The molecule has 0 spiro atoms. The van der Waals surface area contributed by atoms with E-state index >= 15 is 0 Å². The average Bonchev–Trinajstić information content (AvgIpc) is 2.28. The molecule has 19 heavy (non-hydrogen) atoms. The highest BCUT2D eigenvalue weighted by molar-refractivity contribution is 6.00. The molecule has 4 nitrogen and oxygen atoms in total. The summed E-state index contributed by atoms with van der Waals surface area (Å²) in [4.78, 5) is 22.6. The van der Waals surface area contributed by atoms with Crippen LogP contribution < -0.4 is 10.6 Å². The summed E-state index contributed by atoms with van der Waals surface area (Å²) in [6, 6.07) is -0.369. The first kappa shape index (κ1) is 13.6. The van der Waals surface area contributed by atoms with Gasteiger partial charge in [-0.05, 0) is 31.3 Å². The van der Waals surface area contributed by atoms with Gasteiger partial charge in [0.15, 0.2) is 0 Å². The van der Waals surface area contributed by atoms with Gasteiger partial charge in [0.05, 0.1) is 0 Å². The van der Waals surface area contributed by atoms with Crippen molar-refractivity contribution >= 4 is 11.8 Å². The number of allylic oxidation sites excluding steroid dienone is 3. The second kappa shape index (κ2) is 5.87. The van der Waals surface area contributed by atoms with Crippen LogP contribution in [0.15, 0.2) is 36.6 Å². The van der Waals surface area contributed by atoms with E-state index in [1.54, 1.807) is 0 Å². The number of carbonyl (C=O) groups excluding carboxylic acids is 2. The molecule has 2 amide bonds. The van der Waals surface area contributed by atoms with E-state index < -0.39 is 0 Å². The molecule has 1 aliphatic heterocycles. The van der Waals surface area contributed by atoms with Crippen molar-refractivity contribution < 1.29 is 9.59 Å². The smallest absolute Gasteiger partial charge is 0.249 e. The van der Waals surface area contributed by atoms with Crippen LogP contribution in [0.1, 0.15) is 32.1 Å². The van der Waals surface area contributed by atoms with Crippen LogP contribution in [0.2, 0.25) is 0 Å². The van der Waals surface area contributed by atoms with Crippen molar-refractivity contribution in [3.63, 3.8) is 0 Å².